The van der Waals surface area contributed by atoms with E-state index in [9.17, 15) is 14.4 Å². The first-order chi connectivity index (χ1) is 18.3. The zero-order chi connectivity index (χ0) is 26.8. The summed E-state index contributed by atoms with van der Waals surface area (Å²) >= 11 is 7.96. The normalized spacial score (nSPS) is 16.2. The minimum Gasteiger partial charge on any atom is -0.487 e. The van der Waals surface area contributed by atoms with Crippen LogP contribution in [0.1, 0.15) is 27.8 Å². The highest BCUT2D eigenvalue weighted by Gasteiger charge is 2.37. The SMILES string of the molecule is Cc1ccc(COc2c(Br)cc(/C=C3\SC(=O)N(CC(=O)N4CCc5ccccc5C4)C3=O)cc2Br)cc1. The van der Waals surface area contributed by atoms with Crippen LogP contribution in [0.15, 0.2) is 74.5 Å². The van der Waals surface area contributed by atoms with Gasteiger partial charge in [0.05, 0.1) is 13.9 Å². The lowest BCUT2D eigenvalue weighted by Gasteiger charge is -2.29. The molecule has 3 aromatic carbocycles. The van der Waals surface area contributed by atoms with E-state index in [1.807, 2.05) is 61.5 Å². The molecule has 2 heterocycles. The number of halogens is 2. The van der Waals surface area contributed by atoms with Crippen molar-refractivity contribution in [3.05, 3.63) is 102 Å². The summed E-state index contributed by atoms with van der Waals surface area (Å²) in [5.74, 6) is -0.0501. The minimum atomic E-state index is -0.460. The third-order valence-electron chi connectivity index (χ3n) is 6.47. The second-order valence-electron chi connectivity index (χ2n) is 9.19. The van der Waals surface area contributed by atoms with Gasteiger partial charge in [-0.1, -0.05) is 54.1 Å². The summed E-state index contributed by atoms with van der Waals surface area (Å²) in [4.78, 5) is 41.7. The lowest BCUT2D eigenvalue weighted by atomic mass is 10.00. The summed E-state index contributed by atoms with van der Waals surface area (Å²) in [6.07, 6.45) is 2.42. The highest BCUT2D eigenvalue weighted by atomic mass is 79.9. The van der Waals surface area contributed by atoms with Crippen LogP contribution in [0.5, 0.6) is 5.75 Å². The van der Waals surface area contributed by atoms with Crippen molar-refractivity contribution in [2.24, 2.45) is 0 Å². The van der Waals surface area contributed by atoms with Crippen molar-refractivity contribution >= 4 is 66.8 Å². The number of hydrogen-bond donors (Lipinski definition) is 0. The van der Waals surface area contributed by atoms with Gasteiger partial charge in [-0.15, -0.1) is 0 Å². The minimum absolute atomic E-state index is 0.233. The van der Waals surface area contributed by atoms with Crippen molar-refractivity contribution in [2.75, 3.05) is 13.1 Å². The van der Waals surface area contributed by atoms with Gasteiger partial charge in [0.1, 0.15) is 18.9 Å². The van der Waals surface area contributed by atoms with Gasteiger partial charge in [0.2, 0.25) is 5.91 Å². The zero-order valence-electron chi connectivity index (χ0n) is 20.6. The number of ether oxygens (including phenoxy) is 1. The second kappa shape index (κ2) is 11.5. The first-order valence-corrected chi connectivity index (χ1v) is 14.5. The number of imide groups is 1. The standard InChI is InChI=1S/C29H24Br2N2O4S/c1-18-6-8-19(9-7-18)17-37-27-23(30)12-20(13-24(27)31)14-25-28(35)33(29(36)38-25)16-26(34)32-11-10-21-4-2-3-5-22(21)15-32/h2-9,12-14H,10-11,15-17H2,1H3/b25-14-. The molecule has 3 amide bonds. The number of nitrogens with zero attached hydrogens (tertiary/aromatic N) is 2. The van der Waals surface area contributed by atoms with Gasteiger partial charge in [0.15, 0.2) is 0 Å². The molecule has 1 saturated heterocycles. The van der Waals surface area contributed by atoms with Crippen LogP contribution < -0.4 is 4.74 Å². The predicted molar refractivity (Wildman–Crippen MR) is 156 cm³/mol. The van der Waals surface area contributed by atoms with Crippen molar-refractivity contribution in [3.8, 4) is 5.75 Å². The Labute approximate surface area is 242 Å². The molecule has 0 unspecified atom stereocenters. The molecule has 194 valence electrons. The van der Waals surface area contributed by atoms with Crippen LogP contribution >= 0.6 is 43.6 Å². The van der Waals surface area contributed by atoms with Crippen molar-refractivity contribution in [3.63, 3.8) is 0 Å². The van der Waals surface area contributed by atoms with E-state index >= 15 is 0 Å². The number of amides is 3. The Morgan fingerprint density at radius 1 is 1.03 bits per heavy atom. The summed E-state index contributed by atoms with van der Waals surface area (Å²) in [5, 5.41) is -0.441. The zero-order valence-corrected chi connectivity index (χ0v) is 24.6. The first kappa shape index (κ1) is 26.7. The average molecular weight is 656 g/mol. The predicted octanol–water partition coefficient (Wildman–Crippen LogP) is 6.72. The smallest absolute Gasteiger partial charge is 0.294 e. The number of thioether (sulfide) groups is 1. The van der Waals surface area contributed by atoms with Crippen LogP contribution in [0.3, 0.4) is 0 Å². The van der Waals surface area contributed by atoms with Gasteiger partial charge in [-0.2, -0.15) is 0 Å². The second-order valence-corrected chi connectivity index (χ2v) is 11.9. The molecule has 38 heavy (non-hydrogen) atoms. The molecule has 3 aromatic rings. The molecule has 0 N–H and O–H groups in total. The molecule has 0 radical (unpaired) electrons. The van der Waals surface area contributed by atoms with Crippen LogP contribution in [0.2, 0.25) is 0 Å². The monoisotopic (exact) mass is 654 g/mol. The number of hydrogen-bond acceptors (Lipinski definition) is 5. The van der Waals surface area contributed by atoms with Crippen molar-refractivity contribution < 1.29 is 19.1 Å². The topological polar surface area (TPSA) is 66.9 Å². The molecular formula is C29H24Br2N2O4S. The number of benzene rings is 3. The van der Waals surface area contributed by atoms with Gasteiger partial charge in [-0.25, -0.2) is 0 Å². The van der Waals surface area contributed by atoms with Crippen LogP contribution in [0, 0.1) is 6.92 Å². The van der Waals surface area contributed by atoms with E-state index in [1.165, 1.54) is 11.1 Å². The fraction of sp³-hybridized carbons (Fsp3) is 0.207. The summed E-state index contributed by atoms with van der Waals surface area (Å²) in [6, 6.07) is 19.8. The molecule has 0 atom stereocenters. The molecular weight excluding hydrogens is 632 g/mol. The molecule has 0 saturated carbocycles. The van der Waals surface area contributed by atoms with Crippen molar-refractivity contribution in [1.29, 1.82) is 0 Å². The third kappa shape index (κ3) is 5.90. The van der Waals surface area contributed by atoms with Gasteiger partial charge in [0.25, 0.3) is 11.1 Å². The summed E-state index contributed by atoms with van der Waals surface area (Å²) in [7, 11) is 0. The summed E-state index contributed by atoms with van der Waals surface area (Å²) < 4.78 is 7.43. The van der Waals surface area contributed by atoms with E-state index in [0.717, 1.165) is 39.8 Å². The highest BCUT2D eigenvalue weighted by molar-refractivity contribution is 9.11. The van der Waals surface area contributed by atoms with Gasteiger partial charge < -0.3 is 9.64 Å². The summed E-state index contributed by atoms with van der Waals surface area (Å²) in [6.45, 7) is 3.25. The number of carbonyl (C=O) groups is 3. The van der Waals surface area contributed by atoms with Crippen molar-refractivity contribution in [1.82, 2.24) is 9.80 Å². The molecule has 0 bridgehead atoms. The molecule has 9 heteroatoms. The fourth-order valence-electron chi connectivity index (χ4n) is 4.37. The Hall–Kier alpha value is -2.88. The van der Waals surface area contributed by atoms with Gasteiger partial charge in [-0.3, -0.25) is 19.3 Å². The Morgan fingerprint density at radius 3 is 2.42 bits per heavy atom. The molecule has 5 rings (SSSR count). The van der Waals surface area contributed by atoms with Gasteiger partial charge in [-0.05, 0) is 97.4 Å². The van der Waals surface area contributed by atoms with E-state index in [0.29, 0.717) is 34.4 Å². The van der Waals surface area contributed by atoms with Crippen molar-refractivity contribution in [2.45, 2.75) is 26.5 Å². The number of fused-ring (bicyclic) bond motifs is 1. The Balaban J connectivity index is 1.25. The van der Waals surface area contributed by atoms with Crippen LogP contribution in [0.25, 0.3) is 6.08 Å². The number of carbonyl (C=O) groups excluding carboxylic acids is 3. The molecule has 1 fully saturated rings. The third-order valence-corrected chi connectivity index (χ3v) is 8.56. The quantitative estimate of drug-likeness (QED) is 0.276. The molecule has 6 nitrogen and oxygen atoms in total. The van der Waals surface area contributed by atoms with E-state index < -0.39 is 11.1 Å². The highest BCUT2D eigenvalue weighted by Crippen LogP contribution is 2.38. The van der Waals surface area contributed by atoms with E-state index in [4.69, 9.17) is 4.74 Å². The first-order valence-electron chi connectivity index (χ1n) is 12.1. The maximum Gasteiger partial charge on any atom is 0.294 e. The fourth-order valence-corrected chi connectivity index (χ4v) is 6.66. The Bertz CT molecular complexity index is 1430. The van der Waals surface area contributed by atoms with E-state index in [2.05, 4.69) is 37.9 Å². The van der Waals surface area contributed by atoms with Crippen LogP contribution in [-0.4, -0.2) is 39.9 Å². The molecule has 2 aliphatic heterocycles. The van der Waals surface area contributed by atoms with Crippen LogP contribution in [-0.2, 0) is 29.2 Å². The number of rotatable bonds is 6. The Kier molecular flexibility index (Phi) is 8.07. The van der Waals surface area contributed by atoms with Crippen LogP contribution in [0.4, 0.5) is 4.79 Å². The average Bonchev–Trinajstić information content (AvgIpc) is 3.16. The number of aryl methyl sites for hydroxylation is 1. The Morgan fingerprint density at radius 2 is 1.71 bits per heavy atom. The maximum atomic E-state index is 13.1. The molecule has 0 aromatic heterocycles. The lowest BCUT2D eigenvalue weighted by Crippen LogP contribution is -2.44. The molecule has 0 spiro atoms. The molecule has 0 aliphatic carbocycles. The largest absolute Gasteiger partial charge is 0.487 e. The molecule has 2 aliphatic rings. The summed E-state index contributed by atoms with van der Waals surface area (Å²) in [5.41, 5.74) is 5.29. The van der Waals surface area contributed by atoms with E-state index in [1.54, 1.807) is 11.0 Å². The lowest BCUT2D eigenvalue weighted by molar-refractivity contribution is -0.136. The van der Waals surface area contributed by atoms with E-state index in [-0.39, 0.29) is 17.4 Å². The maximum absolute atomic E-state index is 13.1. The van der Waals surface area contributed by atoms with Gasteiger partial charge >= 0.3 is 0 Å². The van der Waals surface area contributed by atoms with Gasteiger partial charge in [0, 0.05) is 13.1 Å².